The summed E-state index contributed by atoms with van der Waals surface area (Å²) in [6, 6.07) is 13.0. The molecule has 112 valence electrons. The third-order valence-corrected chi connectivity index (χ3v) is 2.76. The molecule has 0 radical (unpaired) electrons. The number of phenols is 1. The summed E-state index contributed by atoms with van der Waals surface area (Å²) in [5.74, 6) is -0.530. The van der Waals surface area contributed by atoms with Crippen LogP contribution in [-0.2, 0) is 4.79 Å². The molecular weight excluding hydrogens is 282 g/mol. The SMILES string of the molecule is CC(=O)Nc1ccccc1C(=O)N/N=C\c1ccc(O)cc1. The second-order valence-electron chi connectivity index (χ2n) is 4.52. The van der Waals surface area contributed by atoms with Gasteiger partial charge in [-0.1, -0.05) is 12.1 Å². The molecule has 0 saturated heterocycles. The third kappa shape index (κ3) is 4.17. The van der Waals surface area contributed by atoms with Crippen LogP contribution >= 0.6 is 0 Å². The maximum atomic E-state index is 12.1. The summed E-state index contributed by atoms with van der Waals surface area (Å²) in [4.78, 5) is 23.2. The monoisotopic (exact) mass is 297 g/mol. The first-order valence-electron chi connectivity index (χ1n) is 6.55. The Bertz CT molecular complexity index is 709. The molecule has 0 unspecified atom stereocenters. The van der Waals surface area contributed by atoms with Crippen LogP contribution in [-0.4, -0.2) is 23.1 Å². The topological polar surface area (TPSA) is 90.8 Å². The van der Waals surface area contributed by atoms with Crippen molar-refractivity contribution in [2.24, 2.45) is 5.10 Å². The summed E-state index contributed by atoms with van der Waals surface area (Å²) in [5, 5.41) is 15.6. The molecule has 2 aromatic carbocycles. The van der Waals surface area contributed by atoms with Crippen molar-refractivity contribution in [2.45, 2.75) is 6.92 Å². The molecule has 0 fully saturated rings. The highest BCUT2D eigenvalue weighted by Crippen LogP contribution is 2.14. The normalized spacial score (nSPS) is 10.4. The zero-order valence-corrected chi connectivity index (χ0v) is 11.9. The highest BCUT2D eigenvalue weighted by atomic mass is 16.3. The molecule has 0 bridgehead atoms. The molecule has 2 aromatic rings. The minimum Gasteiger partial charge on any atom is -0.508 e. The van der Waals surface area contributed by atoms with Gasteiger partial charge in [-0.3, -0.25) is 9.59 Å². The maximum Gasteiger partial charge on any atom is 0.273 e. The first-order chi connectivity index (χ1) is 10.6. The van der Waals surface area contributed by atoms with Crippen LogP contribution in [0.3, 0.4) is 0 Å². The van der Waals surface area contributed by atoms with Crippen LogP contribution in [0.4, 0.5) is 5.69 Å². The fraction of sp³-hybridized carbons (Fsp3) is 0.0625. The number of aromatic hydroxyl groups is 1. The molecule has 0 heterocycles. The zero-order valence-electron chi connectivity index (χ0n) is 11.9. The molecule has 0 atom stereocenters. The van der Waals surface area contributed by atoms with Crippen molar-refractivity contribution in [1.29, 1.82) is 0 Å². The van der Waals surface area contributed by atoms with Gasteiger partial charge in [-0.2, -0.15) is 5.10 Å². The lowest BCUT2D eigenvalue weighted by molar-refractivity contribution is -0.114. The molecule has 0 aliphatic heterocycles. The minimum atomic E-state index is -0.431. The number of anilines is 1. The van der Waals surface area contributed by atoms with Crippen LogP contribution in [0.2, 0.25) is 0 Å². The predicted molar refractivity (Wildman–Crippen MR) is 83.9 cm³/mol. The molecule has 0 aromatic heterocycles. The maximum absolute atomic E-state index is 12.1. The first kappa shape index (κ1) is 15.2. The van der Waals surface area contributed by atoms with Crippen LogP contribution in [0, 0.1) is 0 Å². The van der Waals surface area contributed by atoms with Gasteiger partial charge in [-0.05, 0) is 42.0 Å². The first-order valence-corrected chi connectivity index (χ1v) is 6.55. The van der Waals surface area contributed by atoms with Crippen LogP contribution in [0.25, 0.3) is 0 Å². The summed E-state index contributed by atoms with van der Waals surface area (Å²) >= 11 is 0. The quantitative estimate of drug-likeness (QED) is 0.596. The Labute approximate surface area is 127 Å². The number of nitrogens with one attached hydrogen (secondary N) is 2. The van der Waals surface area contributed by atoms with E-state index in [4.69, 9.17) is 0 Å². The van der Waals surface area contributed by atoms with Crippen molar-refractivity contribution >= 4 is 23.7 Å². The Morgan fingerprint density at radius 1 is 1.09 bits per heavy atom. The number of nitrogens with zero attached hydrogens (tertiary/aromatic N) is 1. The van der Waals surface area contributed by atoms with Gasteiger partial charge in [-0.25, -0.2) is 5.43 Å². The van der Waals surface area contributed by atoms with Gasteiger partial charge in [0, 0.05) is 6.92 Å². The smallest absolute Gasteiger partial charge is 0.273 e. The molecule has 2 rings (SSSR count). The number of para-hydroxylation sites is 1. The predicted octanol–water partition coefficient (Wildman–Crippen LogP) is 2.11. The van der Waals surface area contributed by atoms with E-state index in [1.54, 1.807) is 36.4 Å². The van der Waals surface area contributed by atoms with Gasteiger partial charge in [0.05, 0.1) is 17.5 Å². The molecule has 6 heteroatoms. The van der Waals surface area contributed by atoms with Crippen molar-refractivity contribution in [2.75, 3.05) is 5.32 Å². The fourth-order valence-electron chi connectivity index (χ4n) is 1.77. The Morgan fingerprint density at radius 3 is 2.45 bits per heavy atom. The number of hydrazone groups is 1. The second-order valence-corrected chi connectivity index (χ2v) is 4.52. The molecule has 0 aliphatic rings. The van der Waals surface area contributed by atoms with Crippen molar-refractivity contribution in [1.82, 2.24) is 5.43 Å². The van der Waals surface area contributed by atoms with E-state index in [0.717, 1.165) is 5.56 Å². The highest BCUT2D eigenvalue weighted by molar-refractivity contribution is 6.03. The molecular formula is C16H15N3O3. The third-order valence-electron chi connectivity index (χ3n) is 2.76. The van der Waals surface area contributed by atoms with E-state index in [-0.39, 0.29) is 11.7 Å². The van der Waals surface area contributed by atoms with E-state index in [1.807, 2.05) is 0 Å². The van der Waals surface area contributed by atoms with Gasteiger partial charge in [0.1, 0.15) is 5.75 Å². The summed E-state index contributed by atoms with van der Waals surface area (Å²) in [6.07, 6.45) is 1.46. The van der Waals surface area contributed by atoms with Gasteiger partial charge < -0.3 is 10.4 Å². The van der Waals surface area contributed by atoms with Crippen molar-refractivity contribution < 1.29 is 14.7 Å². The average molecular weight is 297 g/mol. The van der Waals surface area contributed by atoms with Crippen LogP contribution in [0.15, 0.2) is 53.6 Å². The minimum absolute atomic E-state index is 0.158. The number of amides is 2. The van der Waals surface area contributed by atoms with Crippen LogP contribution in [0.1, 0.15) is 22.8 Å². The number of phenolic OH excluding ortho intramolecular Hbond substituents is 1. The average Bonchev–Trinajstić information content (AvgIpc) is 2.49. The lowest BCUT2D eigenvalue weighted by Crippen LogP contribution is -2.20. The van der Waals surface area contributed by atoms with E-state index >= 15 is 0 Å². The summed E-state index contributed by atoms with van der Waals surface area (Å²) < 4.78 is 0. The number of carbonyl (C=O) groups is 2. The van der Waals surface area contributed by atoms with Crippen LogP contribution in [0.5, 0.6) is 5.75 Å². The Hall–Kier alpha value is -3.15. The van der Waals surface area contributed by atoms with Gasteiger partial charge in [0.25, 0.3) is 5.91 Å². The lowest BCUT2D eigenvalue weighted by atomic mass is 10.1. The van der Waals surface area contributed by atoms with Crippen molar-refractivity contribution in [3.8, 4) is 5.75 Å². The molecule has 3 N–H and O–H groups in total. The fourth-order valence-corrected chi connectivity index (χ4v) is 1.77. The van der Waals surface area contributed by atoms with E-state index in [0.29, 0.717) is 11.3 Å². The van der Waals surface area contributed by atoms with E-state index in [2.05, 4.69) is 15.8 Å². The zero-order chi connectivity index (χ0) is 15.9. The lowest BCUT2D eigenvalue weighted by Gasteiger charge is -2.07. The summed E-state index contributed by atoms with van der Waals surface area (Å²) in [5.41, 5.74) is 3.87. The van der Waals surface area contributed by atoms with Crippen molar-refractivity contribution in [3.05, 3.63) is 59.7 Å². The van der Waals surface area contributed by atoms with Gasteiger partial charge >= 0.3 is 0 Å². The highest BCUT2D eigenvalue weighted by Gasteiger charge is 2.10. The van der Waals surface area contributed by atoms with Gasteiger partial charge in [0.2, 0.25) is 5.91 Å². The number of rotatable bonds is 4. The Balaban J connectivity index is 2.06. The molecule has 22 heavy (non-hydrogen) atoms. The number of hydrogen-bond acceptors (Lipinski definition) is 4. The molecule has 0 spiro atoms. The van der Waals surface area contributed by atoms with E-state index < -0.39 is 5.91 Å². The van der Waals surface area contributed by atoms with Crippen molar-refractivity contribution in [3.63, 3.8) is 0 Å². The molecule has 2 amide bonds. The molecule has 0 aliphatic carbocycles. The Morgan fingerprint density at radius 2 is 1.77 bits per heavy atom. The molecule has 6 nitrogen and oxygen atoms in total. The summed E-state index contributed by atoms with van der Waals surface area (Å²) in [7, 11) is 0. The Kier molecular flexibility index (Phi) is 4.87. The molecule has 0 saturated carbocycles. The standard InChI is InChI=1S/C16H15N3O3/c1-11(20)18-15-5-3-2-4-14(15)16(22)19-17-10-12-6-8-13(21)9-7-12/h2-10,21H,1H3,(H,18,20)(H,19,22)/b17-10-. The second kappa shape index (κ2) is 7.03. The number of benzene rings is 2. The van der Waals surface area contributed by atoms with Gasteiger partial charge in [-0.15, -0.1) is 0 Å². The number of hydrogen-bond donors (Lipinski definition) is 3. The van der Waals surface area contributed by atoms with E-state index in [9.17, 15) is 14.7 Å². The van der Waals surface area contributed by atoms with E-state index in [1.165, 1.54) is 25.3 Å². The van der Waals surface area contributed by atoms with Gasteiger partial charge in [0.15, 0.2) is 0 Å². The largest absolute Gasteiger partial charge is 0.508 e. The number of carbonyl (C=O) groups excluding carboxylic acids is 2. The summed E-state index contributed by atoms with van der Waals surface area (Å²) in [6.45, 7) is 1.37. The van der Waals surface area contributed by atoms with Crippen LogP contribution < -0.4 is 10.7 Å².